The third-order valence-corrected chi connectivity index (χ3v) is 3.14. The summed E-state index contributed by atoms with van der Waals surface area (Å²) in [7, 11) is 0. The van der Waals surface area contributed by atoms with E-state index >= 15 is 0 Å². The van der Waals surface area contributed by atoms with E-state index in [1.54, 1.807) is 0 Å². The second kappa shape index (κ2) is 3.87. The predicted octanol–water partition coefficient (Wildman–Crippen LogP) is -0.422. The van der Waals surface area contributed by atoms with Crippen molar-refractivity contribution in [1.82, 2.24) is 10.2 Å². The molecule has 14 heavy (non-hydrogen) atoms. The molecule has 0 aromatic carbocycles. The van der Waals surface area contributed by atoms with Gasteiger partial charge in [0.25, 0.3) is 0 Å². The Kier molecular flexibility index (Phi) is 2.74. The van der Waals surface area contributed by atoms with E-state index in [1.807, 2.05) is 4.90 Å². The summed E-state index contributed by atoms with van der Waals surface area (Å²) in [6, 6.07) is -0.143. The first-order valence-corrected chi connectivity index (χ1v) is 5.37. The first kappa shape index (κ1) is 9.93. The summed E-state index contributed by atoms with van der Waals surface area (Å²) in [6.45, 7) is 4.49. The summed E-state index contributed by atoms with van der Waals surface area (Å²) in [5, 5.41) is 12.4. The molecule has 2 fully saturated rings. The fourth-order valence-corrected chi connectivity index (χ4v) is 2.26. The molecular weight excluding hydrogens is 180 g/mol. The van der Waals surface area contributed by atoms with Crippen molar-refractivity contribution < 1.29 is 9.90 Å². The van der Waals surface area contributed by atoms with Gasteiger partial charge in [0.2, 0.25) is 5.91 Å². The molecule has 2 N–H and O–H groups in total. The third-order valence-electron chi connectivity index (χ3n) is 3.14. The van der Waals surface area contributed by atoms with Gasteiger partial charge >= 0.3 is 0 Å². The molecule has 4 nitrogen and oxygen atoms in total. The van der Waals surface area contributed by atoms with Gasteiger partial charge in [-0.15, -0.1) is 0 Å². The predicted molar refractivity (Wildman–Crippen MR) is 52.8 cm³/mol. The first-order chi connectivity index (χ1) is 6.66. The number of amides is 1. The van der Waals surface area contributed by atoms with Crippen molar-refractivity contribution in [2.45, 2.75) is 31.9 Å². The van der Waals surface area contributed by atoms with Crippen LogP contribution in [0.4, 0.5) is 0 Å². The van der Waals surface area contributed by atoms with Gasteiger partial charge in [0.05, 0.1) is 12.1 Å². The lowest BCUT2D eigenvalue weighted by Crippen LogP contribution is -2.42. The number of hydrogen-bond acceptors (Lipinski definition) is 3. The van der Waals surface area contributed by atoms with E-state index < -0.39 is 0 Å². The maximum absolute atomic E-state index is 11.9. The van der Waals surface area contributed by atoms with E-state index in [0.717, 1.165) is 19.5 Å². The highest BCUT2D eigenvalue weighted by atomic mass is 16.3. The highest BCUT2D eigenvalue weighted by Crippen LogP contribution is 2.18. The smallest absolute Gasteiger partial charge is 0.239 e. The van der Waals surface area contributed by atoms with Crippen molar-refractivity contribution in [2.24, 2.45) is 5.92 Å². The molecule has 1 amide bonds. The number of aliphatic hydroxyl groups excluding tert-OH is 1. The molecule has 0 aliphatic carbocycles. The van der Waals surface area contributed by atoms with Crippen LogP contribution in [0.25, 0.3) is 0 Å². The Hall–Kier alpha value is -0.610. The molecule has 0 spiro atoms. The zero-order valence-electron chi connectivity index (χ0n) is 8.57. The van der Waals surface area contributed by atoms with E-state index in [9.17, 15) is 9.90 Å². The standard InChI is InChI=1S/C10H18N2O2/c1-7-2-3-12(6-7)10(14)9-4-8(13)5-11-9/h7-9,11,13H,2-6H2,1H3. The lowest BCUT2D eigenvalue weighted by molar-refractivity contribution is -0.132. The third kappa shape index (κ3) is 1.91. The van der Waals surface area contributed by atoms with Gasteiger partial charge in [-0.05, 0) is 18.8 Å². The van der Waals surface area contributed by atoms with E-state index in [2.05, 4.69) is 12.2 Å². The minimum Gasteiger partial charge on any atom is -0.392 e. The molecule has 3 unspecified atom stereocenters. The highest BCUT2D eigenvalue weighted by Gasteiger charge is 2.33. The Balaban J connectivity index is 1.89. The van der Waals surface area contributed by atoms with E-state index in [-0.39, 0.29) is 18.1 Å². The number of carbonyl (C=O) groups excluding carboxylic acids is 1. The van der Waals surface area contributed by atoms with Crippen LogP contribution in [0.5, 0.6) is 0 Å². The van der Waals surface area contributed by atoms with Crippen LogP contribution >= 0.6 is 0 Å². The molecule has 0 aromatic rings. The average molecular weight is 198 g/mol. The molecule has 2 aliphatic rings. The molecule has 0 radical (unpaired) electrons. The van der Waals surface area contributed by atoms with Gasteiger partial charge in [-0.1, -0.05) is 6.92 Å². The van der Waals surface area contributed by atoms with Crippen molar-refractivity contribution >= 4 is 5.91 Å². The van der Waals surface area contributed by atoms with Crippen LogP contribution in [-0.4, -0.2) is 47.7 Å². The quantitative estimate of drug-likeness (QED) is 0.601. The SMILES string of the molecule is CC1CCN(C(=O)C2CC(O)CN2)C1. The monoisotopic (exact) mass is 198 g/mol. The molecule has 0 saturated carbocycles. The topological polar surface area (TPSA) is 52.6 Å². The summed E-state index contributed by atoms with van der Waals surface area (Å²) in [4.78, 5) is 13.8. The van der Waals surface area contributed by atoms with Crippen LogP contribution < -0.4 is 5.32 Å². The number of nitrogens with zero attached hydrogens (tertiary/aromatic N) is 1. The molecule has 2 rings (SSSR count). The molecule has 2 aliphatic heterocycles. The molecule has 0 bridgehead atoms. The molecule has 2 heterocycles. The second-order valence-electron chi connectivity index (χ2n) is 4.53. The normalized spacial score (nSPS) is 37.9. The Morgan fingerprint density at radius 3 is 2.86 bits per heavy atom. The maximum Gasteiger partial charge on any atom is 0.239 e. The lowest BCUT2D eigenvalue weighted by atomic mass is 10.1. The van der Waals surface area contributed by atoms with Crippen LogP contribution in [0, 0.1) is 5.92 Å². The van der Waals surface area contributed by atoms with Gasteiger partial charge in [0.1, 0.15) is 0 Å². The molecular formula is C10H18N2O2. The number of aliphatic hydroxyl groups is 1. The maximum atomic E-state index is 11.9. The molecule has 0 aromatic heterocycles. The largest absolute Gasteiger partial charge is 0.392 e. The van der Waals surface area contributed by atoms with Crippen LogP contribution in [0.15, 0.2) is 0 Å². The van der Waals surface area contributed by atoms with Crippen LogP contribution in [0.1, 0.15) is 19.8 Å². The molecule has 3 atom stereocenters. The van der Waals surface area contributed by atoms with Crippen molar-refractivity contribution in [3.8, 4) is 0 Å². The summed E-state index contributed by atoms with van der Waals surface area (Å²) in [6.07, 6.45) is 1.34. The van der Waals surface area contributed by atoms with Gasteiger partial charge < -0.3 is 15.3 Å². The van der Waals surface area contributed by atoms with Crippen molar-refractivity contribution in [3.63, 3.8) is 0 Å². The highest BCUT2D eigenvalue weighted by molar-refractivity contribution is 5.82. The van der Waals surface area contributed by atoms with E-state index in [1.165, 1.54) is 0 Å². The second-order valence-corrected chi connectivity index (χ2v) is 4.53. The van der Waals surface area contributed by atoms with E-state index in [4.69, 9.17) is 0 Å². The van der Waals surface area contributed by atoms with Crippen LogP contribution in [0.3, 0.4) is 0 Å². The fraction of sp³-hybridized carbons (Fsp3) is 0.900. The summed E-state index contributed by atoms with van der Waals surface area (Å²) in [5.74, 6) is 0.802. The number of β-amino-alcohol motifs (C(OH)–C–C–N with tert-alkyl or cyclic N) is 1. The Morgan fingerprint density at radius 1 is 1.57 bits per heavy atom. The fourth-order valence-electron chi connectivity index (χ4n) is 2.26. The molecule has 80 valence electrons. The van der Waals surface area contributed by atoms with Gasteiger partial charge in [-0.3, -0.25) is 4.79 Å². The Bertz CT molecular complexity index is 210. The van der Waals surface area contributed by atoms with Gasteiger partial charge in [0.15, 0.2) is 0 Å². The summed E-state index contributed by atoms with van der Waals surface area (Å²) in [5.41, 5.74) is 0. The van der Waals surface area contributed by atoms with Gasteiger partial charge in [-0.2, -0.15) is 0 Å². The molecule has 2 saturated heterocycles. The molecule has 4 heteroatoms. The zero-order valence-corrected chi connectivity index (χ0v) is 8.57. The number of hydrogen-bond donors (Lipinski definition) is 2. The van der Waals surface area contributed by atoms with Gasteiger partial charge in [-0.25, -0.2) is 0 Å². The summed E-state index contributed by atoms with van der Waals surface area (Å²) >= 11 is 0. The number of rotatable bonds is 1. The Labute approximate surface area is 84.3 Å². The minimum atomic E-state index is -0.344. The lowest BCUT2D eigenvalue weighted by Gasteiger charge is -2.20. The Morgan fingerprint density at radius 2 is 2.36 bits per heavy atom. The number of nitrogens with one attached hydrogen (secondary N) is 1. The first-order valence-electron chi connectivity index (χ1n) is 5.37. The minimum absolute atomic E-state index is 0.143. The van der Waals surface area contributed by atoms with Crippen molar-refractivity contribution in [3.05, 3.63) is 0 Å². The average Bonchev–Trinajstić information content (AvgIpc) is 2.73. The van der Waals surface area contributed by atoms with Crippen LogP contribution in [-0.2, 0) is 4.79 Å². The number of carbonyl (C=O) groups is 1. The number of likely N-dealkylation sites (tertiary alicyclic amines) is 1. The van der Waals surface area contributed by atoms with E-state index in [0.29, 0.717) is 18.9 Å². The summed E-state index contributed by atoms with van der Waals surface area (Å²) < 4.78 is 0. The van der Waals surface area contributed by atoms with Gasteiger partial charge in [0, 0.05) is 19.6 Å². The van der Waals surface area contributed by atoms with Crippen molar-refractivity contribution in [2.75, 3.05) is 19.6 Å². The van der Waals surface area contributed by atoms with Crippen molar-refractivity contribution in [1.29, 1.82) is 0 Å². The zero-order chi connectivity index (χ0) is 10.1. The van der Waals surface area contributed by atoms with Crippen LogP contribution in [0.2, 0.25) is 0 Å².